The second-order valence-electron chi connectivity index (χ2n) is 6.12. The standard InChI is InChI=1S/C19H14BrN3O4S/c20-11-5-6-16-21-12(7-17(24)23(16)9-11)10-27-18(25)8-15-19(26)22-13-3-1-2-4-14(13)28-15/h1-7,9,15H,8,10H2,(H,22,26)/t15-/m0/s1. The van der Waals surface area contributed by atoms with Crippen molar-refractivity contribution in [3.05, 3.63) is 69.2 Å². The van der Waals surface area contributed by atoms with Crippen molar-refractivity contribution in [2.45, 2.75) is 23.2 Å². The Balaban J connectivity index is 1.41. The van der Waals surface area contributed by atoms with E-state index in [2.05, 4.69) is 26.2 Å². The molecule has 1 aliphatic heterocycles. The quantitative estimate of drug-likeness (QED) is 0.603. The van der Waals surface area contributed by atoms with Crippen LogP contribution in [0.2, 0.25) is 0 Å². The molecule has 1 N–H and O–H groups in total. The van der Waals surface area contributed by atoms with Crippen LogP contribution < -0.4 is 10.9 Å². The number of esters is 1. The van der Waals surface area contributed by atoms with Crippen molar-refractivity contribution in [2.24, 2.45) is 0 Å². The highest BCUT2D eigenvalue weighted by Crippen LogP contribution is 2.36. The van der Waals surface area contributed by atoms with Gasteiger partial charge in [-0.25, -0.2) is 4.98 Å². The zero-order valence-electron chi connectivity index (χ0n) is 14.4. The molecule has 0 aliphatic carbocycles. The Bertz CT molecular complexity index is 1150. The normalized spacial score (nSPS) is 15.8. The van der Waals surface area contributed by atoms with Crippen molar-refractivity contribution in [1.29, 1.82) is 0 Å². The molecule has 0 unspecified atom stereocenters. The molecule has 0 bridgehead atoms. The largest absolute Gasteiger partial charge is 0.459 e. The summed E-state index contributed by atoms with van der Waals surface area (Å²) < 4.78 is 7.40. The molecule has 7 nitrogen and oxygen atoms in total. The number of nitrogens with zero attached hydrogens (tertiary/aromatic N) is 2. The number of halogens is 1. The maximum absolute atomic E-state index is 12.2. The van der Waals surface area contributed by atoms with Gasteiger partial charge in [-0.3, -0.25) is 18.8 Å². The summed E-state index contributed by atoms with van der Waals surface area (Å²) >= 11 is 4.64. The fourth-order valence-electron chi connectivity index (χ4n) is 2.79. The summed E-state index contributed by atoms with van der Waals surface area (Å²) in [6.45, 7) is -0.129. The van der Waals surface area contributed by atoms with Crippen molar-refractivity contribution >= 4 is 50.9 Å². The second-order valence-corrected chi connectivity index (χ2v) is 8.28. The van der Waals surface area contributed by atoms with E-state index < -0.39 is 11.2 Å². The summed E-state index contributed by atoms with van der Waals surface area (Å²) in [5.41, 5.74) is 1.29. The second kappa shape index (κ2) is 7.76. The van der Waals surface area contributed by atoms with Crippen molar-refractivity contribution < 1.29 is 14.3 Å². The number of fused-ring (bicyclic) bond motifs is 2. The van der Waals surface area contributed by atoms with E-state index in [4.69, 9.17) is 4.74 Å². The first-order chi connectivity index (χ1) is 13.5. The first kappa shape index (κ1) is 18.7. The number of carbonyl (C=O) groups excluding carboxylic acids is 2. The predicted molar refractivity (Wildman–Crippen MR) is 108 cm³/mol. The molecule has 9 heteroatoms. The van der Waals surface area contributed by atoms with Crippen LogP contribution in [0.5, 0.6) is 0 Å². The molecule has 1 aliphatic rings. The number of hydrogen-bond donors (Lipinski definition) is 1. The minimum atomic E-state index is -0.560. The third kappa shape index (κ3) is 3.95. The summed E-state index contributed by atoms with van der Waals surface area (Å²) in [5, 5.41) is 2.23. The average molecular weight is 460 g/mol. The van der Waals surface area contributed by atoms with Gasteiger partial charge in [-0.1, -0.05) is 12.1 Å². The number of pyridine rings is 1. The average Bonchev–Trinajstić information content (AvgIpc) is 2.67. The van der Waals surface area contributed by atoms with E-state index >= 15 is 0 Å². The third-order valence-corrected chi connectivity index (χ3v) is 5.86. The van der Waals surface area contributed by atoms with Gasteiger partial charge in [-0.2, -0.15) is 0 Å². The monoisotopic (exact) mass is 459 g/mol. The molecule has 0 saturated carbocycles. The van der Waals surface area contributed by atoms with E-state index in [0.29, 0.717) is 11.3 Å². The maximum atomic E-state index is 12.2. The minimum Gasteiger partial charge on any atom is -0.459 e. The van der Waals surface area contributed by atoms with Crippen molar-refractivity contribution in [1.82, 2.24) is 9.38 Å². The fraction of sp³-hybridized carbons (Fsp3) is 0.158. The first-order valence-electron chi connectivity index (χ1n) is 8.39. The van der Waals surface area contributed by atoms with Gasteiger partial charge >= 0.3 is 5.97 Å². The number of ether oxygens (including phenoxy) is 1. The molecule has 4 rings (SSSR count). The van der Waals surface area contributed by atoms with Gasteiger partial charge in [0.05, 0.1) is 23.1 Å². The lowest BCUT2D eigenvalue weighted by Crippen LogP contribution is -2.31. The Labute approximate surface area is 172 Å². The number of rotatable bonds is 4. The molecule has 28 heavy (non-hydrogen) atoms. The van der Waals surface area contributed by atoms with E-state index in [9.17, 15) is 14.4 Å². The number of hydrogen-bond acceptors (Lipinski definition) is 6. The highest BCUT2D eigenvalue weighted by atomic mass is 79.9. The number of amides is 1. The van der Waals surface area contributed by atoms with Crippen LogP contribution in [0.3, 0.4) is 0 Å². The zero-order valence-corrected chi connectivity index (χ0v) is 16.8. The summed E-state index contributed by atoms with van der Waals surface area (Å²) in [6.07, 6.45) is 1.56. The van der Waals surface area contributed by atoms with Gasteiger partial charge in [-0.15, -0.1) is 11.8 Å². The highest BCUT2D eigenvalue weighted by molar-refractivity contribution is 9.10. The van der Waals surface area contributed by atoms with E-state index in [1.165, 1.54) is 22.2 Å². The van der Waals surface area contributed by atoms with Crippen LogP contribution in [-0.2, 0) is 20.9 Å². The van der Waals surface area contributed by atoms with Crippen LogP contribution in [0.25, 0.3) is 5.65 Å². The van der Waals surface area contributed by atoms with Crippen LogP contribution in [0.1, 0.15) is 12.1 Å². The summed E-state index contributed by atoms with van der Waals surface area (Å²) in [6, 6.07) is 12.2. The third-order valence-electron chi connectivity index (χ3n) is 4.12. The number of para-hydroxylation sites is 1. The Morgan fingerprint density at radius 2 is 2.07 bits per heavy atom. The molecule has 2 aromatic heterocycles. The fourth-order valence-corrected chi connectivity index (χ4v) is 4.22. The van der Waals surface area contributed by atoms with Crippen LogP contribution in [0, 0.1) is 0 Å². The van der Waals surface area contributed by atoms with Crippen LogP contribution >= 0.6 is 27.7 Å². The van der Waals surface area contributed by atoms with E-state index in [-0.39, 0.29) is 24.5 Å². The molecule has 142 valence electrons. The van der Waals surface area contributed by atoms with Gasteiger partial charge in [0.15, 0.2) is 0 Å². The number of anilines is 1. The lowest BCUT2D eigenvalue weighted by molar-refractivity contribution is -0.145. The lowest BCUT2D eigenvalue weighted by atomic mass is 10.2. The molecule has 3 heterocycles. The lowest BCUT2D eigenvalue weighted by Gasteiger charge is -2.23. The molecular weight excluding hydrogens is 446 g/mol. The van der Waals surface area contributed by atoms with Gasteiger partial charge in [0.1, 0.15) is 12.3 Å². The number of carbonyl (C=O) groups is 2. The summed E-state index contributed by atoms with van der Waals surface area (Å²) in [4.78, 5) is 41.8. The topological polar surface area (TPSA) is 89.8 Å². The first-order valence-corrected chi connectivity index (χ1v) is 10.1. The molecule has 0 saturated heterocycles. The zero-order chi connectivity index (χ0) is 19.7. The van der Waals surface area contributed by atoms with Crippen molar-refractivity contribution in [3.8, 4) is 0 Å². The minimum absolute atomic E-state index is 0.0651. The summed E-state index contributed by atoms with van der Waals surface area (Å²) in [5.74, 6) is -0.752. The van der Waals surface area contributed by atoms with Crippen molar-refractivity contribution in [3.63, 3.8) is 0 Å². The number of aromatic nitrogens is 2. The van der Waals surface area contributed by atoms with Gasteiger partial charge in [-0.05, 0) is 40.2 Å². The van der Waals surface area contributed by atoms with Gasteiger partial charge < -0.3 is 10.1 Å². The van der Waals surface area contributed by atoms with Crippen LogP contribution in [0.15, 0.2) is 62.8 Å². The molecule has 1 aromatic carbocycles. The van der Waals surface area contributed by atoms with Gasteiger partial charge in [0.25, 0.3) is 5.56 Å². The Kier molecular flexibility index (Phi) is 5.19. The van der Waals surface area contributed by atoms with E-state index in [1.54, 1.807) is 18.3 Å². The predicted octanol–water partition coefficient (Wildman–Crippen LogP) is 3.00. The molecule has 0 fully saturated rings. The molecule has 0 radical (unpaired) electrons. The SMILES string of the molecule is O=C(C[C@@H]1Sc2ccccc2NC1=O)OCc1cc(=O)n2cc(Br)ccc2n1. The maximum Gasteiger partial charge on any atom is 0.307 e. The summed E-state index contributed by atoms with van der Waals surface area (Å²) in [7, 11) is 0. The van der Waals surface area contributed by atoms with Crippen LogP contribution in [-0.4, -0.2) is 26.5 Å². The molecule has 1 atom stereocenters. The van der Waals surface area contributed by atoms with Gasteiger partial charge in [0.2, 0.25) is 5.91 Å². The Morgan fingerprint density at radius 3 is 2.93 bits per heavy atom. The number of nitrogens with one attached hydrogen (secondary N) is 1. The molecular formula is C19H14BrN3O4S. The number of thioether (sulfide) groups is 1. The number of benzene rings is 1. The van der Waals surface area contributed by atoms with Crippen molar-refractivity contribution in [2.75, 3.05) is 5.32 Å². The molecule has 1 amide bonds. The Morgan fingerprint density at radius 1 is 1.25 bits per heavy atom. The smallest absolute Gasteiger partial charge is 0.307 e. The molecule has 3 aromatic rings. The Hall–Kier alpha value is -2.65. The highest BCUT2D eigenvalue weighted by Gasteiger charge is 2.29. The van der Waals surface area contributed by atoms with Gasteiger partial charge in [0, 0.05) is 21.6 Å². The van der Waals surface area contributed by atoms with E-state index in [1.807, 2.05) is 24.3 Å². The molecule has 0 spiro atoms. The van der Waals surface area contributed by atoms with E-state index in [0.717, 1.165) is 15.1 Å². The van der Waals surface area contributed by atoms with Crippen LogP contribution in [0.4, 0.5) is 5.69 Å².